The summed E-state index contributed by atoms with van der Waals surface area (Å²) in [6.07, 6.45) is 2.10. The van der Waals surface area contributed by atoms with Crippen LogP contribution in [-0.2, 0) is 4.74 Å². The number of ether oxygens (including phenoxy) is 1. The molecule has 13 heavy (non-hydrogen) atoms. The van der Waals surface area contributed by atoms with Gasteiger partial charge in [-0.25, -0.2) is 0 Å². The molecule has 1 saturated heterocycles. The summed E-state index contributed by atoms with van der Waals surface area (Å²) in [5, 5.41) is 9.11. The van der Waals surface area contributed by atoms with Gasteiger partial charge in [0.05, 0.1) is 6.61 Å². The van der Waals surface area contributed by atoms with Crippen molar-refractivity contribution in [2.24, 2.45) is 0 Å². The smallest absolute Gasteiger partial charge is 0.158 e. The van der Waals surface area contributed by atoms with Crippen LogP contribution in [0.1, 0.15) is 12.0 Å². The molecule has 1 heterocycles. The Balaban J connectivity index is 2.13. The molecule has 0 saturated carbocycles. The fourth-order valence-electron chi connectivity index (χ4n) is 1.43. The highest BCUT2D eigenvalue weighted by Crippen LogP contribution is 2.19. The van der Waals surface area contributed by atoms with Gasteiger partial charge in [-0.2, -0.15) is 0 Å². The van der Waals surface area contributed by atoms with E-state index in [4.69, 9.17) is 9.84 Å². The first-order valence-electron chi connectivity index (χ1n) is 4.39. The van der Waals surface area contributed by atoms with Crippen LogP contribution in [0.3, 0.4) is 0 Å². The van der Waals surface area contributed by atoms with Gasteiger partial charge < -0.3 is 9.84 Å². The second kappa shape index (κ2) is 3.73. The molecule has 1 atom stereocenters. The van der Waals surface area contributed by atoms with E-state index >= 15 is 0 Å². The Morgan fingerprint density at radius 1 is 1.31 bits per heavy atom. The highest BCUT2D eigenvalue weighted by molar-refractivity contribution is 5.53. The largest absolute Gasteiger partial charge is 0.368 e. The summed E-state index contributed by atoms with van der Waals surface area (Å²) >= 11 is 0. The van der Waals surface area contributed by atoms with Crippen LogP contribution in [-0.4, -0.2) is 18.0 Å². The number of rotatable bonds is 1. The summed E-state index contributed by atoms with van der Waals surface area (Å²) < 4.78 is 5.02. The Morgan fingerprint density at radius 2 is 2.08 bits per heavy atom. The van der Waals surface area contributed by atoms with Crippen molar-refractivity contribution in [2.45, 2.75) is 12.7 Å². The zero-order valence-electron chi connectivity index (χ0n) is 7.31. The summed E-state index contributed by atoms with van der Waals surface area (Å²) in [6.45, 7) is 0.552. The number of benzene rings is 1. The standard InChI is InChI=1S/C11H12O2/c12-11-7-10(8-13-11)6-9-4-2-1-3-5-9/h1-6,11-12H,7-8H2/b10-6-/t11-/m0/s1. The quantitative estimate of drug-likeness (QED) is 0.707. The van der Waals surface area contributed by atoms with E-state index in [1.54, 1.807) is 0 Å². The van der Waals surface area contributed by atoms with E-state index in [2.05, 4.69) is 6.08 Å². The lowest BCUT2D eigenvalue weighted by Gasteiger charge is -1.95. The lowest BCUT2D eigenvalue weighted by Crippen LogP contribution is -1.99. The van der Waals surface area contributed by atoms with Crippen LogP contribution in [0, 0.1) is 0 Å². The van der Waals surface area contributed by atoms with Crippen molar-refractivity contribution < 1.29 is 9.84 Å². The minimum absolute atomic E-state index is 0.552. The van der Waals surface area contributed by atoms with E-state index in [1.807, 2.05) is 30.3 Å². The Labute approximate surface area is 77.5 Å². The van der Waals surface area contributed by atoms with Crippen molar-refractivity contribution in [1.82, 2.24) is 0 Å². The van der Waals surface area contributed by atoms with Crippen LogP contribution in [0.4, 0.5) is 0 Å². The van der Waals surface area contributed by atoms with Crippen molar-refractivity contribution in [3.8, 4) is 0 Å². The molecule has 0 spiro atoms. The predicted octanol–water partition coefficient (Wildman–Crippen LogP) is 1.81. The van der Waals surface area contributed by atoms with Gasteiger partial charge in [0.1, 0.15) is 0 Å². The minimum atomic E-state index is -0.602. The first-order chi connectivity index (χ1) is 6.34. The average Bonchev–Trinajstić information content (AvgIpc) is 2.53. The molecule has 2 rings (SSSR count). The van der Waals surface area contributed by atoms with E-state index < -0.39 is 6.29 Å². The molecule has 0 aliphatic carbocycles. The molecule has 2 nitrogen and oxygen atoms in total. The van der Waals surface area contributed by atoms with Gasteiger partial charge in [0.15, 0.2) is 6.29 Å². The maximum Gasteiger partial charge on any atom is 0.158 e. The predicted molar refractivity (Wildman–Crippen MR) is 51.0 cm³/mol. The number of aliphatic hydroxyl groups excluding tert-OH is 1. The zero-order chi connectivity index (χ0) is 9.10. The molecule has 1 aliphatic rings. The second-order valence-corrected chi connectivity index (χ2v) is 3.18. The van der Waals surface area contributed by atoms with Crippen molar-refractivity contribution in [2.75, 3.05) is 6.61 Å². The third kappa shape index (κ3) is 2.17. The monoisotopic (exact) mass is 176 g/mol. The highest BCUT2D eigenvalue weighted by Gasteiger charge is 2.16. The summed E-state index contributed by atoms with van der Waals surface area (Å²) in [5.74, 6) is 0. The van der Waals surface area contributed by atoms with Crippen LogP contribution >= 0.6 is 0 Å². The molecule has 1 N–H and O–H groups in total. The van der Waals surface area contributed by atoms with E-state index in [0.717, 1.165) is 11.1 Å². The van der Waals surface area contributed by atoms with Crippen LogP contribution in [0.5, 0.6) is 0 Å². The Kier molecular flexibility index (Phi) is 2.43. The Bertz CT molecular complexity index is 303. The first-order valence-corrected chi connectivity index (χ1v) is 4.39. The second-order valence-electron chi connectivity index (χ2n) is 3.18. The zero-order valence-corrected chi connectivity index (χ0v) is 7.31. The molecule has 0 bridgehead atoms. The number of aliphatic hydroxyl groups is 1. The third-order valence-electron chi connectivity index (χ3n) is 2.07. The van der Waals surface area contributed by atoms with Crippen molar-refractivity contribution in [3.05, 3.63) is 41.5 Å². The summed E-state index contributed by atoms with van der Waals surface area (Å²) in [7, 11) is 0. The van der Waals surface area contributed by atoms with Crippen molar-refractivity contribution >= 4 is 6.08 Å². The first kappa shape index (κ1) is 8.48. The van der Waals surface area contributed by atoms with Gasteiger partial charge in [0.2, 0.25) is 0 Å². The molecule has 1 aliphatic heterocycles. The van der Waals surface area contributed by atoms with E-state index in [9.17, 15) is 0 Å². The summed E-state index contributed by atoms with van der Waals surface area (Å²) in [6, 6.07) is 10.1. The minimum Gasteiger partial charge on any atom is -0.368 e. The topological polar surface area (TPSA) is 29.5 Å². The lowest BCUT2D eigenvalue weighted by molar-refractivity contribution is -0.0587. The van der Waals surface area contributed by atoms with Crippen molar-refractivity contribution in [1.29, 1.82) is 0 Å². The van der Waals surface area contributed by atoms with Gasteiger partial charge in [-0.3, -0.25) is 0 Å². The highest BCUT2D eigenvalue weighted by atomic mass is 16.6. The van der Waals surface area contributed by atoms with Gasteiger partial charge in [-0.05, 0) is 11.1 Å². The van der Waals surface area contributed by atoms with E-state index in [0.29, 0.717) is 13.0 Å². The molecule has 0 amide bonds. The molecule has 0 aromatic heterocycles. The van der Waals surface area contributed by atoms with Gasteiger partial charge in [0, 0.05) is 6.42 Å². The van der Waals surface area contributed by atoms with Crippen LogP contribution < -0.4 is 0 Å². The van der Waals surface area contributed by atoms with Gasteiger partial charge in [-0.15, -0.1) is 0 Å². The maximum absolute atomic E-state index is 9.11. The summed E-state index contributed by atoms with van der Waals surface area (Å²) in [5.41, 5.74) is 2.31. The van der Waals surface area contributed by atoms with E-state index in [1.165, 1.54) is 0 Å². The molecule has 0 unspecified atom stereocenters. The van der Waals surface area contributed by atoms with Crippen LogP contribution in [0.15, 0.2) is 35.9 Å². The van der Waals surface area contributed by atoms with E-state index in [-0.39, 0.29) is 0 Å². The third-order valence-corrected chi connectivity index (χ3v) is 2.07. The molecule has 0 radical (unpaired) electrons. The van der Waals surface area contributed by atoms with Gasteiger partial charge >= 0.3 is 0 Å². The van der Waals surface area contributed by atoms with Crippen LogP contribution in [0.25, 0.3) is 6.08 Å². The van der Waals surface area contributed by atoms with Crippen molar-refractivity contribution in [3.63, 3.8) is 0 Å². The van der Waals surface area contributed by atoms with Gasteiger partial charge in [-0.1, -0.05) is 36.4 Å². The number of hydrogen-bond donors (Lipinski definition) is 1. The maximum atomic E-state index is 9.11. The average molecular weight is 176 g/mol. The van der Waals surface area contributed by atoms with Gasteiger partial charge in [0.25, 0.3) is 0 Å². The Hall–Kier alpha value is -1.12. The van der Waals surface area contributed by atoms with Crippen LogP contribution in [0.2, 0.25) is 0 Å². The summed E-state index contributed by atoms with van der Waals surface area (Å²) in [4.78, 5) is 0. The molecule has 68 valence electrons. The lowest BCUT2D eigenvalue weighted by atomic mass is 10.1. The fourth-order valence-corrected chi connectivity index (χ4v) is 1.43. The number of hydrogen-bond acceptors (Lipinski definition) is 2. The molecule has 1 fully saturated rings. The Morgan fingerprint density at radius 3 is 2.69 bits per heavy atom. The molecular weight excluding hydrogens is 164 g/mol. The molecule has 2 heteroatoms. The molecule has 1 aromatic rings. The SMILES string of the molecule is O[C@@H]1C/C(=C/c2ccccc2)CO1. The normalized spacial score (nSPS) is 25.3. The fraction of sp³-hybridized carbons (Fsp3) is 0.273. The molecule has 1 aromatic carbocycles. The molecular formula is C11H12O2.